The molecule has 0 atom stereocenters. The number of rotatable bonds is 5. The summed E-state index contributed by atoms with van der Waals surface area (Å²) in [5, 5.41) is 7.56. The van der Waals surface area contributed by atoms with E-state index in [4.69, 9.17) is 0 Å². The van der Waals surface area contributed by atoms with Gasteiger partial charge in [-0.15, -0.1) is 0 Å². The second-order valence-electron chi connectivity index (χ2n) is 9.94. The minimum atomic E-state index is -3.82. The number of anilines is 1. The van der Waals surface area contributed by atoms with Gasteiger partial charge >= 0.3 is 0 Å². The first kappa shape index (κ1) is 20.5. The standard InChI is InChI=1S/C23H30N4O3S/c1-15-4-6-19(7-5-15)31(29,30)27(3)22-20(14-24-26(22)2)21(28)25-23-11-16-8-17(12-23)10-18(9-16)13-23/h4-7,14,16-18H,8-13H2,1-3H3,(H,25,28). The van der Waals surface area contributed by atoms with E-state index in [0.29, 0.717) is 23.3 Å². The summed E-state index contributed by atoms with van der Waals surface area (Å²) in [6, 6.07) is 6.72. The Labute approximate surface area is 183 Å². The van der Waals surface area contributed by atoms with Crippen LogP contribution in [0, 0.1) is 24.7 Å². The van der Waals surface area contributed by atoms with Gasteiger partial charge in [0.1, 0.15) is 5.56 Å². The van der Waals surface area contributed by atoms with Crippen molar-refractivity contribution in [3.8, 4) is 0 Å². The average molecular weight is 443 g/mol. The highest BCUT2D eigenvalue weighted by Crippen LogP contribution is 2.55. The molecule has 1 heterocycles. The molecule has 31 heavy (non-hydrogen) atoms. The fourth-order valence-corrected chi connectivity index (χ4v) is 7.76. The normalized spacial score (nSPS) is 29.2. The van der Waals surface area contributed by atoms with Crippen LogP contribution in [0.1, 0.15) is 54.4 Å². The second-order valence-corrected chi connectivity index (χ2v) is 11.9. The Morgan fingerprint density at radius 1 is 1.10 bits per heavy atom. The van der Waals surface area contributed by atoms with Gasteiger partial charge in [-0.25, -0.2) is 8.42 Å². The van der Waals surface area contributed by atoms with Crippen LogP contribution in [0.5, 0.6) is 0 Å². The molecule has 0 aliphatic heterocycles. The zero-order valence-corrected chi connectivity index (χ0v) is 19.2. The minimum absolute atomic E-state index is 0.145. The van der Waals surface area contributed by atoms with E-state index in [0.717, 1.165) is 24.8 Å². The number of hydrogen-bond acceptors (Lipinski definition) is 4. The van der Waals surface area contributed by atoms with E-state index in [9.17, 15) is 13.2 Å². The predicted molar refractivity (Wildman–Crippen MR) is 118 cm³/mol. The summed E-state index contributed by atoms with van der Waals surface area (Å²) in [7, 11) is -0.673. The maximum atomic E-state index is 13.4. The van der Waals surface area contributed by atoms with E-state index in [1.807, 2.05) is 6.92 Å². The Balaban J connectivity index is 1.43. The molecule has 7 nitrogen and oxygen atoms in total. The zero-order valence-electron chi connectivity index (χ0n) is 18.3. The molecule has 1 N–H and O–H groups in total. The fourth-order valence-electron chi connectivity index (χ4n) is 6.52. The molecule has 0 unspecified atom stereocenters. The summed E-state index contributed by atoms with van der Waals surface area (Å²) in [6.45, 7) is 1.91. The lowest BCUT2D eigenvalue weighted by atomic mass is 9.53. The van der Waals surface area contributed by atoms with Gasteiger partial charge in [0.05, 0.1) is 11.1 Å². The maximum Gasteiger partial charge on any atom is 0.265 e. The van der Waals surface area contributed by atoms with Crippen LogP contribution in [0.15, 0.2) is 35.4 Å². The highest BCUT2D eigenvalue weighted by Gasteiger charge is 2.51. The van der Waals surface area contributed by atoms with Gasteiger partial charge in [0, 0.05) is 19.6 Å². The molecule has 4 saturated carbocycles. The first-order chi connectivity index (χ1) is 14.7. The average Bonchev–Trinajstić information content (AvgIpc) is 3.07. The lowest BCUT2D eigenvalue weighted by molar-refractivity contribution is -0.0166. The van der Waals surface area contributed by atoms with Gasteiger partial charge in [-0.2, -0.15) is 5.10 Å². The molecule has 4 aliphatic rings. The molecule has 0 saturated heterocycles. The molecule has 8 heteroatoms. The molecule has 166 valence electrons. The molecular formula is C23H30N4O3S. The van der Waals surface area contributed by atoms with Gasteiger partial charge in [0.25, 0.3) is 15.9 Å². The Hall–Kier alpha value is -2.35. The number of benzene rings is 1. The number of nitrogens with one attached hydrogen (secondary N) is 1. The number of aryl methyl sites for hydroxylation is 2. The first-order valence-corrected chi connectivity index (χ1v) is 12.5. The molecule has 1 aromatic heterocycles. The van der Waals surface area contributed by atoms with Crippen LogP contribution in [0.2, 0.25) is 0 Å². The maximum absolute atomic E-state index is 13.4. The molecule has 0 radical (unpaired) electrons. The van der Waals surface area contributed by atoms with Crippen molar-refractivity contribution in [1.82, 2.24) is 15.1 Å². The van der Waals surface area contributed by atoms with Gasteiger partial charge < -0.3 is 5.32 Å². The SMILES string of the molecule is Cc1ccc(S(=O)(=O)N(C)c2c(C(=O)NC34CC5CC(CC(C5)C3)C4)cnn2C)cc1. The van der Waals surface area contributed by atoms with Gasteiger partial charge in [-0.3, -0.25) is 13.8 Å². The van der Waals surface area contributed by atoms with Crippen molar-refractivity contribution < 1.29 is 13.2 Å². The van der Waals surface area contributed by atoms with Crippen LogP contribution in [0.4, 0.5) is 5.82 Å². The third kappa shape index (κ3) is 3.45. The number of sulfonamides is 1. The number of carbonyl (C=O) groups is 1. The molecular weight excluding hydrogens is 412 g/mol. The summed E-state index contributed by atoms with van der Waals surface area (Å²) in [6.07, 6.45) is 8.49. The van der Waals surface area contributed by atoms with Gasteiger partial charge in [-0.05, 0) is 75.3 Å². The van der Waals surface area contributed by atoms with E-state index >= 15 is 0 Å². The molecule has 4 aliphatic carbocycles. The molecule has 1 aromatic carbocycles. The first-order valence-electron chi connectivity index (χ1n) is 11.1. The Morgan fingerprint density at radius 3 is 2.19 bits per heavy atom. The second kappa shape index (κ2) is 7.08. The summed E-state index contributed by atoms with van der Waals surface area (Å²) < 4.78 is 29.1. The van der Waals surface area contributed by atoms with Crippen LogP contribution >= 0.6 is 0 Å². The predicted octanol–water partition coefficient (Wildman–Crippen LogP) is 3.25. The van der Waals surface area contributed by atoms with Crippen molar-refractivity contribution in [2.75, 3.05) is 11.4 Å². The van der Waals surface area contributed by atoms with Crippen LogP contribution in [-0.2, 0) is 17.1 Å². The summed E-state index contributed by atoms with van der Waals surface area (Å²) in [5.74, 6) is 2.19. The topological polar surface area (TPSA) is 84.3 Å². The third-order valence-corrected chi connectivity index (χ3v) is 9.31. The third-order valence-electron chi connectivity index (χ3n) is 7.55. The minimum Gasteiger partial charge on any atom is -0.346 e. The number of amides is 1. The van der Waals surface area contributed by atoms with Gasteiger partial charge in [0.15, 0.2) is 5.82 Å². The van der Waals surface area contributed by atoms with Crippen molar-refractivity contribution in [3.63, 3.8) is 0 Å². The largest absolute Gasteiger partial charge is 0.346 e. The van der Waals surface area contributed by atoms with Crippen LogP contribution in [0.3, 0.4) is 0 Å². The molecule has 6 rings (SSSR count). The van der Waals surface area contributed by atoms with E-state index in [-0.39, 0.29) is 22.2 Å². The number of nitrogens with zero attached hydrogens (tertiary/aromatic N) is 3. The molecule has 0 spiro atoms. The Morgan fingerprint density at radius 2 is 1.65 bits per heavy atom. The van der Waals surface area contributed by atoms with E-state index in [1.165, 1.54) is 41.5 Å². The summed E-state index contributed by atoms with van der Waals surface area (Å²) in [5.41, 5.74) is 1.14. The zero-order chi connectivity index (χ0) is 22.0. The number of aromatic nitrogens is 2. The molecule has 4 bridgehead atoms. The van der Waals surface area contributed by atoms with Crippen LogP contribution < -0.4 is 9.62 Å². The Bertz CT molecular complexity index is 1080. The van der Waals surface area contributed by atoms with Gasteiger partial charge in [0.2, 0.25) is 0 Å². The fraction of sp³-hybridized carbons (Fsp3) is 0.565. The van der Waals surface area contributed by atoms with Crippen LogP contribution in [-0.4, -0.2) is 36.7 Å². The van der Waals surface area contributed by atoms with Crippen molar-refractivity contribution in [1.29, 1.82) is 0 Å². The molecule has 1 amide bonds. The van der Waals surface area contributed by atoms with Crippen molar-refractivity contribution >= 4 is 21.7 Å². The smallest absolute Gasteiger partial charge is 0.265 e. The lowest BCUT2D eigenvalue weighted by Gasteiger charge is -2.56. The van der Waals surface area contributed by atoms with E-state index < -0.39 is 10.0 Å². The van der Waals surface area contributed by atoms with E-state index in [2.05, 4.69) is 10.4 Å². The highest BCUT2D eigenvalue weighted by molar-refractivity contribution is 7.92. The van der Waals surface area contributed by atoms with E-state index in [1.54, 1.807) is 31.3 Å². The quantitative estimate of drug-likeness (QED) is 0.770. The monoisotopic (exact) mass is 442 g/mol. The molecule has 2 aromatic rings. The van der Waals surface area contributed by atoms with Crippen molar-refractivity contribution in [3.05, 3.63) is 41.6 Å². The number of carbonyl (C=O) groups excluding carboxylic acids is 1. The Kier molecular flexibility index (Phi) is 4.70. The van der Waals surface area contributed by atoms with Crippen molar-refractivity contribution in [2.24, 2.45) is 24.8 Å². The summed E-state index contributed by atoms with van der Waals surface area (Å²) in [4.78, 5) is 13.6. The highest BCUT2D eigenvalue weighted by atomic mass is 32.2. The van der Waals surface area contributed by atoms with Gasteiger partial charge in [-0.1, -0.05) is 17.7 Å². The van der Waals surface area contributed by atoms with Crippen molar-refractivity contribution in [2.45, 2.75) is 55.9 Å². The summed E-state index contributed by atoms with van der Waals surface area (Å²) >= 11 is 0. The lowest BCUT2D eigenvalue weighted by Crippen LogP contribution is -2.59. The van der Waals surface area contributed by atoms with Crippen LogP contribution in [0.25, 0.3) is 0 Å². The molecule has 4 fully saturated rings. The number of hydrogen-bond donors (Lipinski definition) is 1.